The lowest BCUT2D eigenvalue weighted by atomic mass is 10.2. The summed E-state index contributed by atoms with van der Waals surface area (Å²) in [4.78, 5) is 4.97. The molecule has 0 aliphatic heterocycles. The quantitative estimate of drug-likeness (QED) is 0.508. The Kier molecular flexibility index (Phi) is 4.81. The van der Waals surface area contributed by atoms with Crippen LogP contribution in [0, 0.1) is 11.6 Å². The minimum absolute atomic E-state index is 0.176. The standard InChI is InChI=1S/C17H13F2N3OS/c1-2-7-20-17-22(15(11-24-17)16-4-3-8-23-16)21-10-12-5-6-13(18)9-14(12)19/h2-6,8-11H,1,7H2. The van der Waals surface area contributed by atoms with Gasteiger partial charge in [-0.2, -0.15) is 5.10 Å². The number of furan rings is 1. The second kappa shape index (κ2) is 7.18. The molecule has 3 rings (SSSR count). The number of aromatic nitrogens is 1. The van der Waals surface area contributed by atoms with Gasteiger partial charge in [0.05, 0.1) is 19.0 Å². The van der Waals surface area contributed by atoms with Gasteiger partial charge in [-0.3, -0.25) is 4.99 Å². The van der Waals surface area contributed by atoms with Crippen molar-refractivity contribution in [2.75, 3.05) is 6.54 Å². The molecule has 0 atom stereocenters. The van der Waals surface area contributed by atoms with Crippen LogP contribution in [0.1, 0.15) is 5.56 Å². The molecule has 0 N–H and O–H groups in total. The monoisotopic (exact) mass is 345 g/mol. The van der Waals surface area contributed by atoms with Crippen molar-refractivity contribution in [3.05, 3.63) is 76.6 Å². The van der Waals surface area contributed by atoms with Gasteiger partial charge in [0.25, 0.3) is 0 Å². The fourth-order valence-electron chi connectivity index (χ4n) is 1.98. The first kappa shape index (κ1) is 16.1. The van der Waals surface area contributed by atoms with Gasteiger partial charge in [0.15, 0.2) is 5.76 Å². The van der Waals surface area contributed by atoms with E-state index in [1.54, 1.807) is 29.1 Å². The minimum Gasteiger partial charge on any atom is -0.463 e. The number of halogens is 2. The highest BCUT2D eigenvalue weighted by atomic mass is 32.1. The molecule has 4 nitrogen and oxygen atoms in total. The number of rotatable bonds is 5. The molecule has 122 valence electrons. The SMILES string of the molecule is C=CCN=c1scc(-c2ccco2)n1N=Cc1ccc(F)cc1F. The third kappa shape index (κ3) is 3.41. The summed E-state index contributed by atoms with van der Waals surface area (Å²) in [5.74, 6) is -0.701. The molecule has 1 aromatic carbocycles. The zero-order valence-corrected chi connectivity index (χ0v) is 13.3. The van der Waals surface area contributed by atoms with Gasteiger partial charge in [0.2, 0.25) is 4.80 Å². The first-order valence-electron chi connectivity index (χ1n) is 7.04. The summed E-state index contributed by atoms with van der Waals surface area (Å²) < 4.78 is 33.7. The Morgan fingerprint density at radius 3 is 2.88 bits per heavy atom. The molecular weight excluding hydrogens is 332 g/mol. The highest BCUT2D eigenvalue weighted by Crippen LogP contribution is 2.20. The smallest absolute Gasteiger partial charge is 0.206 e. The molecular formula is C17H13F2N3OS. The van der Waals surface area contributed by atoms with Crippen LogP contribution in [0.3, 0.4) is 0 Å². The molecule has 0 aliphatic rings. The molecule has 0 amide bonds. The maximum atomic E-state index is 13.8. The topological polar surface area (TPSA) is 42.8 Å². The number of nitrogens with zero attached hydrogens (tertiary/aromatic N) is 3. The van der Waals surface area contributed by atoms with Gasteiger partial charge in [-0.15, -0.1) is 17.9 Å². The normalized spacial score (nSPS) is 12.2. The molecule has 0 bridgehead atoms. The number of thiazole rings is 1. The van der Waals surface area contributed by atoms with Gasteiger partial charge in [0, 0.05) is 17.0 Å². The van der Waals surface area contributed by atoms with Crippen molar-refractivity contribution in [3.63, 3.8) is 0 Å². The Hall–Kier alpha value is -2.80. The highest BCUT2D eigenvalue weighted by molar-refractivity contribution is 7.07. The van der Waals surface area contributed by atoms with E-state index in [1.807, 2.05) is 5.38 Å². The van der Waals surface area contributed by atoms with E-state index in [1.165, 1.54) is 29.7 Å². The fourth-order valence-corrected chi connectivity index (χ4v) is 2.81. The molecule has 0 radical (unpaired) electrons. The van der Waals surface area contributed by atoms with Crippen molar-refractivity contribution in [2.24, 2.45) is 10.1 Å². The maximum absolute atomic E-state index is 13.8. The maximum Gasteiger partial charge on any atom is 0.206 e. The van der Waals surface area contributed by atoms with Crippen LogP contribution in [0.2, 0.25) is 0 Å². The van der Waals surface area contributed by atoms with Crippen LogP contribution in [0.5, 0.6) is 0 Å². The molecule has 3 aromatic rings. The number of benzene rings is 1. The van der Waals surface area contributed by atoms with E-state index < -0.39 is 11.6 Å². The Balaban J connectivity index is 2.06. The van der Waals surface area contributed by atoms with Crippen LogP contribution in [0.25, 0.3) is 11.5 Å². The molecule has 0 saturated heterocycles. The molecule has 2 aromatic heterocycles. The van der Waals surface area contributed by atoms with E-state index in [0.29, 0.717) is 22.8 Å². The molecule has 0 spiro atoms. The molecule has 0 aliphatic carbocycles. The lowest BCUT2D eigenvalue weighted by Crippen LogP contribution is -2.12. The average Bonchev–Trinajstić information content (AvgIpc) is 3.21. The van der Waals surface area contributed by atoms with Crippen molar-refractivity contribution in [2.45, 2.75) is 0 Å². The summed E-state index contributed by atoms with van der Waals surface area (Å²) in [5, 5.41) is 6.13. The summed E-state index contributed by atoms with van der Waals surface area (Å²) in [6.45, 7) is 4.06. The Morgan fingerprint density at radius 2 is 2.17 bits per heavy atom. The molecule has 0 fully saturated rings. The highest BCUT2D eigenvalue weighted by Gasteiger charge is 2.10. The summed E-state index contributed by atoms with van der Waals surface area (Å²) >= 11 is 1.38. The molecule has 0 saturated carbocycles. The van der Waals surface area contributed by atoms with Crippen molar-refractivity contribution in [3.8, 4) is 11.5 Å². The van der Waals surface area contributed by atoms with Crippen LogP contribution in [0.4, 0.5) is 8.78 Å². The molecule has 0 unspecified atom stereocenters. The van der Waals surface area contributed by atoms with Crippen LogP contribution in [-0.2, 0) is 0 Å². The zero-order chi connectivity index (χ0) is 16.9. The second-order valence-electron chi connectivity index (χ2n) is 4.73. The largest absolute Gasteiger partial charge is 0.463 e. The van der Waals surface area contributed by atoms with Gasteiger partial charge in [0.1, 0.15) is 17.3 Å². The third-order valence-electron chi connectivity index (χ3n) is 3.09. The summed E-state index contributed by atoms with van der Waals surface area (Å²) in [6.07, 6.45) is 4.54. The Bertz CT molecular complexity index is 939. The summed E-state index contributed by atoms with van der Waals surface area (Å²) in [6, 6.07) is 6.88. The molecule has 7 heteroatoms. The second-order valence-corrected chi connectivity index (χ2v) is 5.57. The van der Waals surface area contributed by atoms with Gasteiger partial charge in [-0.1, -0.05) is 6.08 Å². The van der Waals surface area contributed by atoms with E-state index in [9.17, 15) is 8.78 Å². The Morgan fingerprint density at radius 1 is 1.29 bits per heavy atom. The zero-order valence-electron chi connectivity index (χ0n) is 12.5. The molecule has 2 heterocycles. The third-order valence-corrected chi connectivity index (χ3v) is 3.94. The first-order chi connectivity index (χ1) is 11.7. The van der Waals surface area contributed by atoms with Crippen LogP contribution >= 0.6 is 11.3 Å². The van der Waals surface area contributed by atoms with Crippen LogP contribution < -0.4 is 4.80 Å². The van der Waals surface area contributed by atoms with Gasteiger partial charge >= 0.3 is 0 Å². The van der Waals surface area contributed by atoms with Crippen LogP contribution in [0.15, 0.2) is 69.1 Å². The van der Waals surface area contributed by atoms with Crippen molar-refractivity contribution < 1.29 is 13.2 Å². The lowest BCUT2D eigenvalue weighted by Gasteiger charge is -2.01. The van der Waals surface area contributed by atoms with Gasteiger partial charge < -0.3 is 4.42 Å². The van der Waals surface area contributed by atoms with E-state index in [2.05, 4.69) is 16.7 Å². The van der Waals surface area contributed by atoms with Crippen molar-refractivity contribution in [1.29, 1.82) is 0 Å². The van der Waals surface area contributed by atoms with Gasteiger partial charge in [-0.05, 0) is 24.3 Å². The summed E-state index contributed by atoms with van der Waals surface area (Å²) in [7, 11) is 0. The predicted octanol–water partition coefficient (Wildman–Crippen LogP) is 4.06. The van der Waals surface area contributed by atoms with E-state index in [-0.39, 0.29) is 5.56 Å². The summed E-state index contributed by atoms with van der Waals surface area (Å²) in [5.41, 5.74) is 0.863. The predicted molar refractivity (Wildman–Crippen MR) is 90.0 cm³/mol. The van der Waals surface area contributed by atoms with Gasteiger partial charge in [-0.25, -0.2) is 13.5 Å². The average molecular weight is 345 g/mol. The van der Waals surface area contributed by atoms with E-state index in [0.717, 1.165) is 6.07 Å². The number of hydrogen-bond acceptors (Lipinski definition) is 4. The first-order valence-corrected chi connectivity index (χ1v) is 7.92. The fraction of sp³-hybridized carbons (Fsp3) is 0.0588. The van der Waals surface area contributed by atoms with E-state index in [4.69, 9.17) is 4.42 Å². The molecule has 24 heavy (non-hydrogen) atoms. The van der Waals surface area contributed by atoms with Crippen LogP contribution in [-0.4, -0.2) is 17.4 Å². The minimum atomic E-state index is -0.682. The number of hydrogen-bond donors (Lipinski definition) is 0. The van der Waals surface area contributed by atoms with Crippen molar-refractivity contribution in [1.82, 2.24) is 4.68 Å². The Labute approximate surface area is 140 Å². The lowest BCUT2D eigenvalue weighted by molar-refractivity contribution is 0.575. The van der Waals surface area contributed by atoms with Crippen molar-refractivity contribution >= 4 is 17.6 Å². The van der Waals surface area contributed by atoms with E-state index >= 15 is 0 Å².